The van der Waals surface area contributed by atoms with Crippen molar-refractivity contribution in [2.75, 3.05) is 30.5 Å². The Morgan fingerprint density at radius 2 is 1.68 bits per heavy atom. The van der Waals surface area contributed by atoms with Gasteiger partial charge < -0.3 is 19.5 Å². The first-order chi connectivity index (χ1) is 16.6. The van der Waals surface area contributed by atoms with Gasteiger partial charge in [-0.05, 0) is 42.5 Å². The molecule has 0 aliphatic carbocycles. The Bertz CT molecular complexity index is 1370. The SMILES string of the molecule is COc1ccccc1C1=C(Nc2ccc3c(c2)OCCO3)C(=O)N(c2ccc(C#N)cc2)C1=O. The lowest BCUT2D eigenvalue weighted by Crippen LogP contribution is -2.32. The molecule has 2 amide bonds. The van der Waals surface area contributed by atoms with E-state index in [0.717, 1.165) is 4.90 Å². The Labute approximate surface area is 195 Å². The second-order valence-corrected chi connectivity index (χ2v) is 7.54. The van der Waals surface area contributed by atoms with Crippen molar-refractivity contribution in [3.8, 4) is 23.3 Å². The number of methoxy groups -OCH3 is 1. The van der Waals surface area contributed by atoms with E-state index < -0.39 is 11.8 Å². The number of benzene rings is 3. The van der Waals surface area contributed by atoms with Crippen molar-refractivity contribution >= 4 is 28.8 Å². The molecule has 0 bridgehead atoms. The van der Waals surface area contributed by atoms with Crippen LogP contribution in [0.25, 0.3) is 5.57 Å². The van der Waals surface area contributed by atoms with Crippen LogP contribution in [0.15, 0.2) is 72.4 Å². The van der Waals surface area contributed by atoms with E-state index in [1.807, 2.05) is 6.07 Å². The second kappa shape index (κ2) is 8.64. The first kappa shape index (κ1) is 21.1. The molecule has 0 fully saturated rings. The van der Waals surface area contributed by atoms with Crippen LogP contribution < -0.4 is 24.4 Å². The third-order valence-corrected chi connectivity index (χ3v) is 5.53. The number of rotatable bonds is 5. The minimum Gasteiger partial charge on any atom is -0.496 e. The lowest BCUT2D eigenvalue weighted by molar-refractivity contribution is -0.120. The fourth-order valence-corrected chi connectivity index (χ4v) is 3.93. The molecule has 2 aliphatic heterocycles. The molecule has 0 saturated heterocycles. The van der Waals surface area contributed by atoms with Gasteiger partial charge in [-0.15, -0.1) is 0 Å². The number of ether oxygens (including phenoxy) is 3. The summed E-state index contributed by atoms with van der Waals surface area (Å²) in [5.74, 6) is 0.603. The average molecular weight is 453 g/mol. The molecule has 8 heteroatoms. The van der Waals surface area contributed by atoms with E-state index in [9.17, 15) is 9.59 Å². The number of nitrogens with zero attached hydrogens (tertiary/aromatic N) is 2. The van der Waals surface area contributed by atoms with E-state index in [1.54, 1.807) is 66.7 Å². The molecule has 8 nitrogen and oxygen atoms in total. The average Bonchev–Trinajstić information content (AvgIpc) is 3.12. The Morgan fingerprint density at radius 3 is 2.41 bits per heavy atom. The van der Waals surface area contributed by atoms with Crippen molar-refractivity contribution in [3.63, 3.8) is 0 Å². The number of imide groups is 1. The van der Waals surface area contributed by atoms with Crippen molar-refractivity contribution < 1.29 is 23.8 Å². The number of nitrogens with one attached hydrogen (secondary N) is 1. The minimum atomic E-state index is -0.523. The fourth-order valence-electron chi connectivity index (χ4n) is 3.93. The van der Waals surface area contributed by atoms with Crippen LogP contribution in [-0.2, 0) is 9.59 Å². The van der Waals surface area contributed by atoms with Gasteiger partial charge in [0.2, 0.25) is 0 Å². The van der Waals surface area contributed by atoms with Crippen LogP contribution in [0.4, 0.5) is 11.4 Å². The number of hydrogen-bond donors (Lipinski definition) is 1. The van der Waals surface area contributed by atoms with Crippen LogP contribution in [0, 0.1) is 11.3 Å². The largest absolute Gasteiger partial charge is 0.496 e. The highest BCUT2D eigenvalue weighted by Gasteiger charge is 2.41. The standard InChI is InChI=1S/C26H19N3O5/c1-32-20-5-3-2-4-19(20)23-24(28-17-8-11-21-22(14-17)34-13-12-33-21)26(31)29(25(23)30)18-9-6-16(15-27)7-10-18/h2-11,14,28H,12-13H2,1H3. The fraction of sp³-hybridized carbons (Fsp3) is 0.115. The highest BCUT2D eigenvalue weighted by atomic mass is 16.6. The number of para-hydroxylation sites is 1. The van der Waals surface area contributed by atoms with Gasteiger partial charge in [0.15, 0.2) is 11.5 Å². The van der Waals surface area contributed by atoms with Gasteiger partial charge in [0.1, 0.15) is 24.7 Å². The first-order valence-electron chi connectivity index (χ1n) is 10.5. The van der Waals surface area contributed by atoms with Crippen molar-refractivity contribution in [1.82, 2.24) is 0 Å². The zero-order chi connectivity index (χ0) is 23.7. The molecule has 34 heavy (non-hydrogen) atoms. The maximum Gasteiger partial charge on any atom is 0.282 e. The summed E-state index contributed by atoms with van der Waals surface area (Å²) in [5, 5.41) is 12.2. The van der Waals surface area contributed by atoms with Crippen molar-refractivity contribution in [2.24, 2.45) is 0 Å². The molecule has 0 aromatic heterocycles. The molecule has 3 aromatic carbocycles. The molecular weight excluding hydrogens is 434 g/mol. The number of carbonyl (C=O) groups excluding carboxylic acids is 2. The molecule has 168 valence electrons. The Morgan fingerprint density at radius 1 is 0.941 bits per heavy atom. The minimum absolute atomic E-state index is 0.107. The number of fused-ring (bicyclic) bond motifs is 1. The number of hydrogen-bond acceptors (Lipinski definition) is 7. The maximum absolute atomic E-state index is 13.6. The highest BCUT2D eigenvalue weighted by Crippen LogP contribution is 2.39. The number of anilines is 2. The monoisotopic (exact) mass is 453 g/mol. The van der Waals surface area contributed by atoms with Gasteiger partial charge in [0, 0.05) is 17.3 Å². The normalized spacial score (nSPS) is 14.8. The van der Waals surface area contributed by atoms with Crippen LogP contribution in [0.3, 0.4) is 0 Å². The van der Waals surface area contributed by atoms with E-state index in [0.29, 0.717) is 53.0 Å². The zero-order valence-electron chi connectivity index (χ0n) is 18.2. The molecule has 3 aromatic rings. The Hall–Kier alpha value is -4.77. The van der Waals surface area contributed by atoms with E-state index in [1.165, 1.54) is 7.11 Å². The zero-order valence-corrected chi connectivity index (χ0v) is 18.2. The molecule has 5 rings (SSSR count). The summed E-state index contributed by atoms with van der Waals surface area (Å²) in [4.78, 5) is 28.3. The van der Waals surface area contributed by atoms with Gasteiger partial charge in [-0.3, -0.25) is 9.59 Å². The van der Waals surface area contributed by atoms with E-state index in [-0.39, 0.29) is 11.3 Å². The van der Waals surface area contributed by atoms with Crippen molar-refractivity contribution in [1.29, 1.82) is 5.26 Å². The van der Waals surface area contributed by atoms with E-state index in [4.69, 9.17) is 19.5 Å². The van der Waals surface area contributed by atoms with Crippen LogP contribution in [0.1, 0.15) is 11.1 Å². The van der Waals surface area contributed by atoms with Crippen LogP contribution in [0.2, 0.25) is 0 Å². The topological polar surface area (TPSA) is 101 Å². The maximum atomic E-state index is 13.6. The third-order valence-electron chi connectivity index (χ3n) is 5.53. The lowest BCUT2D eigenvalue weighted by atomic mass is 10.0. The van der Waals surface area contributed by atoms with Gasteiger partial charge in [-0.1, -0.05) is 18.2 Å². The molecule has 0 radical (unpaired) electrons. The summed E-state index contributed by atoms with van der Waals surface area (Å²) in [6.07, 6.45) is 0. The summed E-state index contributed by atoms with van der Waals surface area (Å²) in [6, 6.07) is 20.5. The molecule has 0 saturated carbocycles. The van der Waals surface area contributed by atoms with Gasteiger partial charge in [-0.25, -0.2) is 4.90 Å². The Balaban J connectivity index is 1.60. The van der Waals surface area contributed by atoms with Crippen molar-refractivity contribution in [3.05, 3.63) is 83.6 Å². The van der Waals surface area contributed by atoms with Crippen LogP contribution >= 0.6 is 0 Å². The molecule has 1 N–H and O–H groups in total. The quantitative estimate of drug-likeness (QED) is 0.588. The smallest absolute Gasteiger partial charge is 0.282 e. The van der Waals surface area contributed by atoms with E-state index in [2.05, 4.69) is 5.32 Å². The molecular formula is C26H19N3O5. The second-order valence-electron chi connectivity index (χ2n) is 7.54. The van der Waals surface area contributed by atoms with Crippen LogP contribution in [-0.4, -0.2) is 32.1 Å². The molecule has 0 unspecified atom stereocenters. The molecule has 0 spiro atoms. The number of carbonyl (C=O) groups is 2. The molecule has 2 aliphatic rings. The molecule has 0 atom stereocenters. The molecule has 2 heterocycles. The highest BCUT2D eigenvalue weighted by molar-refractivity contribution is 6.46. The van der Waals surface area contributed by atoms with Crippen molar-refractivity contribution in [2.45, 2.75) is 0 Å². The lowest BCUT2D eigenvalue weighted by Gasteiger charge is -2.19. The summed E-state index contributed by atoms with van der Waals surface area (Å²) in [6.45, 7) is 0.894. The summed E-state index contributed by atoms with van der Waals surface area (Å²) in [7, 11) is 1.51. The van der Waals surface area contributed by atoms with Gasteiger partial charge >= 0.3 is 0 Å². The van der Waals surface area contributed by atoms with E-state index >= 15 is 0 Å². The van der Waals surface area contributed by atoms with Gasteiger partial charge in [-0.2, -0.15) is 5.26 Å². The summed E-state index contributed by atoms with van der Waals surface area (Å²) in [5.41, 5.74) is 2.13. The number of nitriles is 1. The van der Waals surface area contributed by atoms with Crippen LogP contribution in [0.5, 0.6) is 17.2 Å². The predicted octanol–water partition coefficient (Wildman–Crippen LogP) is 3.73. The first-order valence-corrected chi connectivity index (χ1v) is 10.5. The van der Waals surface area contributed by atoms with Gasteiger partial charge in [0.25, 0.3) is 11.8 Å². The third kappa shape index (κ3) is 3.59. The predicted molar refractivity (Wildman–Crippen MR) is 125 cm³/mol. The summed E-state index contributed by atoms with van der Waals surface area (Å²) >= 11 is 0. The number of amides is 2. The Kier molecular flexibility index (Phi) is 5.36. The van der Waals surface area contributed by atoms with Gasteiger partial charge in [0.05, 0.1) is 30.0 Å². The summed E-state index contributed by atoms with van der Waals surface area (Å²) < 4.78 is 16.7.